The second kappa shape index (κ2) is 6.90. The van der Waals surface area contributed by atoms with E-state index in [0.29, 0.717) is 12.6 Å². The van der Waals surface area contributed by atoms with Gasteiger partial charge in [-0.3, -0.25) is 4.79 Å². The molecule has 1 amide bonds. The van der Waals surface area contributed by atoms with Crippen molar-refractivity contribution in [1.82, 2.24) is 19.7 Å². The van der Waals surface area contributed by atoms with Crippen LogP contribution in [0.25, 0.3) is 0 Å². The first-order valence-corrected chi connectivity index (χ1v) is 7.43. The Labute approximate surface area is 121 Å². The Hall–Kier alpha value is -1.33. The summed E-state index contributed by atoms with van der Waals surface area (Å²) in [5.41, 5.74) is 1.25. The van der Waals surface area contributed by atoms with Gasteiger partial charge in [-0.2, -0.15) is 0 Å². The fraction of sp³-hybridized carbons (Fsp3) is 0.667. The molecule has 1 fully saturated rings. The maximum Gasteiger partial charge on any atom is 0.242 e. The summed E-state index contributed by atoms with van der Waals surface area (Å²) in [6, 6.07) is 2.47. The Morgan fingerprint density at radius 1 is 1.35 bits per heavy atom. The molecule has 20 heavy (non-hydrogen) atoms. The number of aromatic nitrogens is 1. The minimum absolute atomic E-state index is 0.220. The predicted octanol–water partition coefficient (Wildman–Crippen LogP) is 0.933. The Kier molecular flexibility index (Phi) is 5.20. The van der Waals surface area contributed by atoms with Crippen LogP contribution in [0.15, 0.2) is 18.5 Å². The van der Waals surface area contributed by atoms with Crippen LogP contribution in [-0.2, 0) is 11.3 Å². The molecule has 5 heteroatoms. The van der Waals surface area contributed by atoms with Crippen LogP contribution >= 0.6 is 0 Å². The molecule has 1 N–H and O–H groups in total. The van der Waals surface area contributed by atoms with Gasteiger partial charge in [0.2, 0.25) is 5.91 Å². The lowest BCUT2D eigenvalue weighted by atomic mass is 10.1. The van der Waals surface area contributed by atoms with Gasteiger partial charge in [0, 0.05) is 44.6 Å². The maximum absolute atomic E-state index is 12.3. The van der Waals surface area contributed by atoms with E-state index in [1.165, 1.54) is 5.56 Å². The van der Waals surface area contributed by atoms with Gasteiger partial charge < -0.3 is 19.7 Å². The lowest BCUT2D eigenvalue weighted by molar-refractivity contribution is -0.133. The van der Waals surface area contributed by atoms with Gasteiger partial charge in [0.1, 0.15) is 6.54 Å². The average molecular weight is 278 g/mol. The number of carbonyl (C=O) groups excluding carboxylic acids is 1. The molecule has 1 aromatic heterocycles. The molecule has 1 aromatic rings. The van der Waals surface area contributed by atoms with Gasteiger partial charge in [-0.25, -0.2) is 0 Å². The number of piperazine rings is 1. The summed E-state index contributed by atoms with van der Waals surface area (Å²) < 4.78 is 2.00. The number of rotatable bonds is 5. The van der Waals surface area contributed by atoms with E-state index in [1.807, 2.05) is 22.7 Å². The van der Waals surface area contributed by atoms with Crippen LogP contribution < -0.4 is 5.32 Å². The van der Waals surface area contributed by atoms with E-state index in [2.05, 4.69) is 36.5 Å². The average Bonchev–Trinajstić information content (AvgIpc) is 2.89. The van der Waals surface area contributed by atoms with Crippen molar-refractivity contribution in [1.29, 1.82) is 0 Å². The summed E-state index contributed by atoms with van der Waals surface area (Å²) in [5.74, 6) is 0.220. The van der Waals surface area contributed by atoms with E-state index in [4.69, 9.17) is 0 Å². The summed E-state index contributed by atoms with van der Waals surface area (Å²) in [4.78, 5) is 16.5. The predicted molar refractivity (Wildman–Crippen MR) is 80.6 cm³/mol. The topological polar surface area (TPSA) is 40.5 Å². The number of carbonyl (C=O) groups is 1. The molecule has 2 rings (SSSR count). The van der Waals surface area contributed by atoms with Crippen molar-refractivity contribution in [2.75, 3.05) is 40.3 Å². The van der Waals surface area contributed by atoms with Crippen molar-refractivity contribution in [3.05, 3.63) is 24.0 Å². The molecule has 1 saturated heterocycles. The zero-order valence-corrected chi connectivity index (χ0v) is 12.8. The zero-order chi connectivity index (χ0) is 14.5. The summed E-state index contributed by atoms with van der Waals surface area (Å²) in [5, 5.41) is 3.29. The van der Waals surface area contributed by atoms with Crippen molar-refractivity contribution >= 4 is 5.91 Å². The smallest absolute Gasteiger partial charge is 0.242 e. The fourth-order valence-corrected chi connectivity index (χ4v) is 2.68. The molecule has 0 spiro atoms. The van der Waals surface area contributed by atoms with Crippen LogP contribution in [0.3, 0.4) is 0 Å². The van der Waals surface area contributed by atoms with Crippen molar-refractivity contribution in [2.45, 2.75) is 25.9 Å². The molecular weight excluding hydrogens is 252 g/mol. The molecule has 1 aliphatic heterocycles. The fourth-order valence-electron chi connectivity index (χ4n) is 2.68. The van der Waals surface area contributed by atoms with E-state index in [-0.39, 0.29) is 5.91 Å². The van der Waals surface area contributed by atoms with Gasteiger partial charge in [0.05, 0.1) is 0 Å². The summed E-state index contributed by atoms with van der Waals surface area (Å²) >= 11 is 0. The highest BCUT2D eigenvalue weighted by atomic mass is 16.2. The quantitative estimate of drug-likeness (QED) is 0.871. The monoisotopic (exact) mass is 278 g/mol. The summed E-state index contributed by atoms with van der Waals surface area (Å²) in [6.07, 6.45) is 5.13. The number of nitrogens with zero attached hydrogens (tertiary/aromatic N) is 3. The van der Waals surface area contributed by atoms with Crippen LogP contribution in [-0.4, -0.2) is 60.5 Å². The van der Waals surface area contributed by atoms with Gasteiger partial charge in [-0.1, -0.05) is 6.92 Å². The highest BCUT2D eigenvalue weighted by Crippen LogP contribution is 2.16. The van der Waals surface area contributed by atoms with Crippen LogP contribution in [0.1, 0.15) is 24.9 Å². The third kappa shape index (κ3) is 3.61. The first kappa shape index (κ1) is 15.1. The van der Waals surface area contributed by atoms with Crippen LogP contribution in [0.5, 0.6) is 0 Å². The van der Waals surface area contributed by atoms with Crippen LogP contribution in [0.4, 0.5) is 0 Å². The Bertz CT molecular complexity index is 431. The number of likely N-dealkylation sites (N-methyl/N-ethyl adjacent to an activating group) is 1. The SMILES string of the molecule is CCC(NC)c1ccn(CC(=O)N2CCN(C)CC2)c1. The second-order valence-electron chi connectivity index (χ2n) is 5.55. The molecule has 112 valence electrons. The minimum atomic E-state index is 0.220. The van der Waals surface area contributed by atoms with Crippen molar-refractivity contribution < 1.29 is 4.79 Å². The van der Waals surface area contributed by atoms with E-state index in [0.717, 1.165) is 32.6 Å². The van der Waals surface area contributed by atoms with Gasteiger partial charge in [-0.05, 0) is 32.1 Å². The first-order chi connectivity index (χ1) is 9.63. The van der Waals surface area contributed by atoms with Gasteiger partial charge >= 0.3 is 0 Å². The number of nitrogens with one attached hydrogen (secondary N) is 1. The van der Waals surface area contributed by atoms with E-state index < -0.39 is 0 Å². The third-order valence-corrected chi connectivity index (χ3v) is 4.11. The van der Waals surface area contributed by atoms with Crippen molar-refractivity contribution in [2.24, 2.45) is 0 Å². The highest BCUT2D eigenvalue weighted by Gasteiger charge is 2.19. The highest BCUT2D eigenvalue weighted by molar-refractivity contribution is 5.76. The summed E-state index contributed by atoms with van der Waals surface area (Å²) in [7, 11) is 4.07. The molecule has 1 aliphatic rings. The molecule has 0 aromatic carbocycles. The lowest BCUT2D eigenvalue weighted by Crippen LogP contribution is -2.48. The molecule has 2 heterocycles. The number of hydrogen-bond donors (Lipinski definition) is 1. The van der Waals surface area contributed by atoms with Gasteiger partial charge in [-0.15, -0.1) is 0 Å². The molecule has 1 atom stereocenters. The number of amides is 1. The Morgan fingerprint density at radius 2 is 2.05 bits per heavy atom. The van der Waals surface area contributed by atoms with Crippen LogP contribution in [0, 0.1) is 0 Å². The van der Waals surface area contributed by atoms with Crippen LogP contribution in [0.2, 0.25) is 0 Å². The molecule has 0 radical (unpaired) electrons. The second-order valence-corrected chi connectivity index (χ2v) is 5.55. The standard InChI is InChI=1S/C15H26N4O/c1-4-14(16-2)13-5-6-18(11-13)12-15(20)19-9-7-17(3)8-10-19/h5-6,11,14,16H,4,7-10,12H2,1-3H3. The van der Waals surface area contributed by atoms with Gasteiger partial charge in [0.25, 0.3) is 0 Å². The minimum Gasteiger partial charge on any atom is -0.345 e. The summed E-state index contributed by atoms with van der Waals surface area (Å²) in [6.45, 7) is 6.24. The molecule has 0 saturated carbocycles. The zero-order valence-electron chi connectivity index (χ0n) is 12.8. The largest absolute Gasteiger partial charge is 0.345 e. The van der Waals surface area contributed by atoms with Crippen molar-refractivity contribution in [3.63, 3.8) is 0 Å². The molecule has 5 nitrogen and oxygen atoms in total. The van der Waals surface area contributed by atoms with Crippen molar-refractivity contribution in [3.8, 4) is 0 Å². The van der Waals surface area contributed by atoms with E-state index >= 15 is 0 Å². The molecule has 0 bridgehead atoms. The van der Waals surface area contributed by atoms with E-state index in [1.54, 1.807) is 0 Å². The number of hydrogen-bond acceptors (Lipinski definition) is 3. The lowest BCUT2D eigenvalue weighted by Gasteiger charge is -2.32. The normalized spacial score (nSPS) is 18.2. The van der Waals surface area contributed by atoms with E-state index in [9.17, 15) is 4.79 Å². The molecule has 1 unspecified atom stereocenters. The molecular formula is C15H26N4O. The first-order valence-electron chi connectivity index (χ1n) is 7.43. The Morgan fingerprint density at radius 3 is 2.65 bits per heavy atom. The Balaban J connectivity index is 1.91. The maximum atomic E-state index is 12.3. The molecule has 0 aliphatic carbocycles. The third-order valence-electron chi connectivity index (χ3n) is 4.11. The van der Waals surface area contributed by atoms with Gasteiger partial charge in [0.15, 0.2) is 0 Å².